The SMILES string of the molecule is C#CCN1CCCCC1C(=O)N1CCC(C(=O)NCc2ccc(C)c(F)c2)CC1. The highest BCUT2D eigenvalue weighted by Gasteiger charge is 2.34. The molecule has 0 saturated carbocycles. The number of benzene rings is 1. The molecule has 2 saturated heterocycles. The second-order valence-electron chi connectivity index (χ2n) is 8.09. The fraction of sp³-hybridized carbons (Fsp3) is 0.565. The van der Waals surface area contributed by atoms with Gasteiger partial charge in [0.15, 0.2) is 0 Å². The number of amides is 2. The summed E-state index contributed by atoms with van der Waals surface area (Å²) in [7, 11) is 0. The maximum Gasteiger partial charge on any atom is 0.239 e. The molecule has 1 unspecified atom stereocenters. The molecular weight excluding hydrogens is 369 g/mol. The molecule has 2 aliphatic heterocycles. The molecule has 1 aromatic carbocycles. The quantitative estimate of drug-likeness (QED) is 0.774. The summed E-state index contributed by atoms with van der Waals surface area (Å²) in [5, 5.41) is 2.91. The van der Waals surface area contributed by atoms with E-state index in [9.17, 15) is 14.0 Å². The first-order valence-electron chi connectivity index (χ1n) is 10.5. The summed E-state index contributed by atoms with van der Waals surface area (Å²) in [4.78, 5) is 29.5. The molecular formula is C23H30FN3O2. The van der Waals surface area contributed by atoms with Crippen molar-refractivity contribution >= 4 is 11.8 Å². The Morgan fingerprint density at radius 2 is 1.97 bits per heavy atom. The van der Waals surface area contributed by atoms with Crippen molar-refractivity contribution < 1.29 is 14.0 Å². The van der Waals surface area contributed by atoms with E-state index < -0.39 is 0 Å². The van der Waals surface area contributed by atoms with Crippen molar-refractivity contribution in [3.05, 3.63) is 35.1 Å². The normalized spacial score (nSPS) is 20.9. The molecule has 0 aromatic heterocycles. The standard InChI is InChI=1S/C23H30FN3O2/c1-3-11-26-12-5-4-6-21(26)23(29)27-13-9-19(10-14-27)22(28)25-16-18-8-7-17(2)20(24)15-18/h1,7-8,15,19,21H,4-6,9-14,16H2,2H3,(H,25,28). The van der Waals surface area contributed by atoms with Gasteiger partial charge in [-0.25, -0.2) is 4.39 Å². The molecule has 2 fully saturated rings. The molecule has 0 aliphatic carbocycles. The van der Waals surface area contributed by atoms with Crippen LogP contribution in [0.1, 0.15) is 43.2 Å². The van der Waals surface area contributed by atoms with E-state index in [0.717, 1.165) is 31.4 Å². The van der Waals surface area contributed by atoms with Crippen LogP contribution in [0.2, 0.25) is 0 Å². The van der Waals surface area contributed by atoms with E-state index >= 15 is 0 Å². The van der Waals surface area contributed by atoms with Crippen LogP contribution < -0.4 is 5.32 Å². The van der Waals surface area contributed by atoms with Gasteiger partial charge < -0.3 is 10.2 Å². The van der Waals surface area contributed by atoms with Gasteiger partial charge in [0.1, 0.15) is 5.82 Å². The second-order valence-corrected chi connectivity index (χ2v) is 8.09. The molecule has 0 bridgehead atoms. The molecule has 3 rings (SSSR count). The fourth-order valence-corrected chi connectivity index (χ4v) is 4.23. The lowest BCUT2D eigenvalue weighted by molar-refractivity contribution is -0.141. The largest absolute Gasteiger partial charge is 0.352 e. The van der Waals surface area contributed by atoms with Gasteiger partial charge in [-0.05, 0) is 56.3 Å². The molecule has 2 aliphatic rings. The lowest BCUT2D eigenvalue weighted by Crippen LogP contribution is -2.53. The van der Waals surface area contributed by atoms with Crippen LogP contribution in [0.3, 0.4) is 0 Å². The van der Waals surface area contributed by atoms with E-state index in [1.165, 1.54) is 6.07 Å². The van der Waals surface area contributed by atoms with Crippen molar-refractivity contribution in [3.63, 3.8) is 0 Å². The van der Waals surface area contributed by atoms with Gasteiger partial charge in [0.2, 0.25) is 11.8 Å². The molecule has 1 atom stereocenters. The number of hydrogen-bond donors (Lipinski definition) is 1. The topological polar surface area (TPSA) is 52.7 Å². The van der Waals surface area contributed by atoms with Crippen LogP contribution in [-0.4, -0.2) is 53.8 Å². The number of halogens is 1. The number of nitrogens with zero attached hydrogens (tertiary/aromatic N) is 2. The van der Waals surface area contributed by atoms with Gasteiger partial charge >= 0.3 is 0 Å². The zero-order chi connectivity index (χ0) is 20.8. The predicted octanol–water partition coefficient (Wildman–Crippen LogP) is 2.48. The van der Waals surface area contributed by atoms with Gasteiger partial charge in [0.25, 0.3) is 0 Å². The highest BCUT2D eigenvalue weighted by molar-refractivity contribution is 5.83. The van der Waals surface area contributed by atoms with Crippen LogP contribution in [0.15, 0.2) is 18.2 Å². The van der Waals surface area contributed by atoms with E-state index in [1.807, 2.05) is 11.0 Å². The van der Waals surface area contributed by atoms with Crippen molar-refractivity contribution in [2.45, 2.75) is 51.6 Å². The number of likely N-dealkylation sites (tertiary alicyclic amines) is 2. The van der Waals surface area contributed by atoms with Crippen molar-refractivity contribution in [1.29, 1.82) is 0 Å². The molecule has 2 heterocycles. The molecule has 1 aromatic rings. The third kappa shape index (κ3) is 5.36. The molecule has 6 heteroatoms. The molecule has 29 heavy (non-hydrogen) atoms. The Labute approximate surface area is 172 Å². The van der Waals surface area contributed by atoms with Crippen LogP contribution in [0.5, 0.6) is 0 Å². The lowest BCUT2D eigenvalue weighted by Gasteiger charge is -2.39. The molecule has 0 spiro atoms. The summed E-state index contributed by atoms with van der Waals surface area (Å²) in [6.45, 7) is 4.60. The number of aryl methyl sites for hydroxylation is 1. The molecule has 0 radical (unpaired) electrons. The van der Waals surface area contributed by atoms with E-state index in [2.05, 4.69) is 16.1 Å². The summed E-state index contributed by atoms with van der Waals surface area (Å²) in [6.07, 6.45) is 9.75. The van der Waals surface area contributed by atoms with Crippen LogP contribution in [0.4, 0.5) is 4.39 Å². The molecule has 5 nitrogen and oxygen atoms in total. The average molecular weight is 400 g/mol. The van der Waals surface area contributed by atoms with Gasteiger partial charge in [-0.3, -0.25) is 14.5 Å². The summed E-state index contributed by atoms with van der Waals surface area (Å²) >= 11 is 0. The van der Waals surface area contributed by atoms with E-state index in [4.69, 9.17) is 6.42 Å². The molecule has 2 amide bonds. The monoisotopic (exact) mass is 399 g/mol. The van der Waals surface area contributed by atoms with Crippen molar-refractivity contribution in [2.24, 2.45) is 5.92 Å². The highest BCUT2D eigenvalue weighted by atomic mass is 19.1. The third-order valence-corrected chi connectivity index (χ3v) is 6.07. The van der Waals surface area contributed by atoms with E-state index in [-0.39, 0.29) is 29.6 Å². The lowest BCUT2D eigenvalue weighted by atomic mass is 9.94. The fourth-order valence-electron chi connectivity index (χ4n) is 4.23. The first-order chi connectivity index (χ1) is 14.0. The van der Waals surface area contributed by atoms with Crippen molar-refractivity contribution in [2.75, 3.05) is 26.2 Å². The van der Waals surface area contributed by atoms with Crippen LogP contribution in [0.25, 0.3) is 0 Å². The third-order valence-electron chi connectivity index (χ3n) is 6.07. The summed E-state index contributed by atoms with van der Waals surface area (Å²) in [6, 6.07) is 4.88. The Balaban J connectivity index is 1.47. The zero-order valence-electron chi connectivity index (χ0n) is 17.1. The Morgan fingerprint density at radius 1 is 1.21 bits per heavy atom. The number of nitrogens with one attached hydrogen (secondary N) is 1. The van der Waals surface area contributed by atoms with Gasteiger partial charge in [0, 0.05) is 25.6 Å². The average Bonchev–Trinajstić information content (AvgIpc) is 2.74. The summed E-state index contributed by atoms with van der Waals surface area (Å²) < 4.78 is 13.6. The zero-order valence-corrected chi connectivity index (χ0v) is 17.1. The second kappa shape index (κ2) is 9.89. The van der Waals surface area contributed by atoms with Gasteiger partial charge in [-0.2, -0.15) is 0 Å². The number of carbonyl (C=O) groups excluding carboxylic acids is 2. The minimum Gasteiger partial charge on any atom is -0.352 e. The smallest absolute Gasteiger partial charge is 0.239 e. The van der Waals surface area contributed by atoms with E-state index in [1.54, 1.807) is 13.0 Å². The van der Waals surface area contributed by atoms with Crippen LogP contribution >= 0.6 is 0 Å². The highest BCUT2D eigenvalue weighted by Crippen LogP contribution is 2.23. The minimum atomic E-state index is -0.259. The number of carbonyl (C=O) groups is 2. The number of terminal acetylenes is 1. The maximum absolute atomic E-state index is 13.6. The van der Waals surface area contributed by atoms with Crippen LogP contribution in [0, 0.1) is 31.0 Å². The Bertz CT molecular complexity index is 781. The molecule has 1 N–H and O–H groups in total. The Kier molecular flexibility index (Phi) is 7.27. The Hall–Kier alpha value is -2.39. The maximum atomic E-state index is 13.6. The van der Waals surface area contributed by atoms with Gasteiger partial charge in [0.05, 0.1) is 12.6 Å². The van der Waals surface area contributed by atoms with Gasteiger partial charge in [-0.1, -0.05) is 24.5 Å². The first kappa shape index (κ1) is 21.3. The summed E-state index contributed by atoms with van der Waals surface area (Å²) in [5.41, 5.74) is 1.34. The van der Waals surface area contributed by atoms with Crippen molar-refractivity contribution in [3.8, 4) is 12.3 Å². The van der Waals surface area contributed by atoms with Gasteiger partial charge in [-0.15, -0.1) is 6.42 Å². The van der Waals surface area contributed by atoms with Crippen LogP contribution in [-0.2, 0) is 16.1 Å². The first-order valence-corrected chi connectivity index (χ1v) is 10.5. The number of rotatable bonds is 5. The predicted molar refractivity (Wildman–Crippen MR) is 110 cm³/mol. The molecule has 156 valence electrons. The minimum absolute atomic E-state index is 0.0234. The summed E-state index contributed by atoms with van der Waals surface area (Å²) in [5.74, 6) is 2.42. The number of hydrogen-bond acceptors (Lipinski definition) is 3. The number of piperidine rings is 2. The van der Waals surface area contributed by atoms with E-state index in [0.29, 0.717) is 44.6 Å². The van der Waals surface area contributed by atoms with Crippen molar-refractivity contribution in [1.82, 2.24) is 15.1 Å². The Morgan fingerprint density at radius 3 is 2.66 bits per heavy atom.